The number of ether oxygens (including phenoxy) is 3. The van der Waals surface area contributed by atoms with Gasteiger partial charge in [-0.25, -0.2) is 14.5 Å². The predicted molar refractivity (Wildman–Crippen MR) is 153 cm³/mol. The fourth-order valence-electron chi connectivity index (χ4n) is 4.52. The molecule has 2 aromatic rings. The Labute approximate surface area is 231 Å². The molecule has 10 heteroatoms. The maximum Gasteiger partial charge on any atom is 0.437 e. The third-order valence-corrected chi connectivity index (χ3v) is 6.40. The van der Waals surface area contributed by atoms with E-state index in [9.17, 15) is 9.59 Å². The third kappa shape index (κ3) is 9.45. The number of hydrogen-bond acceptors (Lipinski definition) is 6. The number of likely N-dealkylation sites (tertiary alicyclic amines) is 1. The number of benzene rings is 1. The largest absolute Gasteiger partial charge is 0.494 e. The average molecular weight is 544 g/mol. The lowest BCUT2D eigenvalue weighted by Gasteiger charge is -2.26. The molecule has 39 heavy (non-hydrogen) atoms. The van der Waals surface area contributed by atoms with Gasteiger partial charge in [0.1, 0.15) is 17.0 Å². The normalized spacial score (nSPS) is 16.9. The number of aromatic amines is 1. The molecule has 1 atom stereocenters. The molecule has 1 fully saturated rings. The summed E-state index contributed by atoms with van der Waals surface area (Å²) in [5.41, 5.74) is 6.98. The molecule has 1 aromatic carbocycles. The van der Waals surface area contributed by atoms with E-state index in [1.54, 1.807) is 41.5 Å². The van der Waals surface area contributed by atoms with Crippen LogP contribution in [0.25, 0.3) is 10.9 Å². The Morgan fingerprint density at radius 1 is 1.13 bits per heavy atom. The monoisotopic (exact) mass is 543 g/mol. The lowest BCUT2D eigenvalue weighted by atomic mass is 10.0. The standard InChI is InChI=1S/C29H45N5O5/c1-28(2,3)38-26(35)32-25(30)34(27(36)39-29(4,5)6)15-8-9-16-37-22-12-13-24-23(18-22)20(19-31-24)17-21-11-10-14-33(21)7/h12-13,18-19,21,31H,8-11,14-17H2,1-7H3,(H2,30,32,35)/t21-/m0/s1. The summed E-state index contributed by atoms with van der Waals surface area (Å²) >= 11 is 0. The van der Waals surface area contributed by atoms with E-state index < -0.39 is 23.4 Å². The van der Waals surface area contributed by atoms with Gasteiger partial charge in [-0.3, -0.25) is 0 Å². The fraction of sp³-hybridized carbons (Fsp3) is 0.621. The summed E-state index contributed by atoms with van der Waals surface area (Å²) in [4.78, 5) is 35.6. The number of aliphatic imine (C=N–C) groups is 1. The Bertz CT molecular complexity index is 1160. The molecule has 0 unspecified atom stereocenters. The Morgan fingerprint density at radius 2 is 1.85 bits per heavy atom. The number of carbonyl (C=O) groups is 2. The molecule has 1 aromatic heterocycles. The number of aromatic nitrogens is 1. The minimum absolute atomic E-state index is 0.215. The van der Waals surface area contributed by atoms with E-state index in [1.165, 1.54) is 23.8 Å². The number of carbonyl (C=O) groups excluding carboxylic acids is 2. The summed E-state index contributed by atoms with van der Waals surface area (Å²) < 4.78 is 16.7. The molecule has 0 saturated carbocycles. The van der Waals surface area contributed by atoms with Crippen LogP contribution in [0.1, 0.15) is 72.8 Å². The van der Waals surface area contributed by atoms with Crippen LogP contribution in [0.4, 0.5) is 9.59 Å². The van der Waals surface area contributed by atoms with E-state index in [1.807, 2.05) is 12.1 Å². The number of guanidine groups is 1. The fourth-order valence-corrected chi connectivity index (χ4v) is 4.52. The van der Waals surface area contributed by atoms with E-state index in [2.05, 4.69) is 34.2 Å². The summed E-state index contributed by atoms with van der Waals surface area (Å²) in [6.07, 6.45) is 5.29. The first-order valence-electron chi connectivity index (χ1n) is 13.7. The van der Waals surface area contributed by atoms with Crippen molar-refractivity contribution in [3.8, 4) is 5.75 Å². The summed E-state index contributed by atoms with van der Waals surface area (Å²) in [7, 11) is 2.20. The van der Waals surface area contributed by atoms with Crippen molar-refractivity contribution in [1.82, 2.24) is 14.8 Å². The molecule has 2 heterocycles. The van der Waals surface area contributed by atoms with Crippen LogP contribution in [0.15, 0.2) is 29.4 Å². The van der Waals surface area contributed by atoms with Crippen LogP contribution in [0.3, 0.4) is 0 Å². The Balaban J connectivity index is 1.57. The van der Waals surface area contributed by atoms with Gasteiger partial charge in [-0.1, -0.05) is 0 Å². The molecular weight excluding hydrogens is 498 g/mol. The number of H-pyrrole nitrogens is 1. The van der Waals surface area contributed by atoms with Crippen LogP contribution in [0, 0.1) is 0 Å². The van der Waals surface area contributed by atoms with E-state index in [0.717, 1.165) is 29.1 Å². The number of rotatable bonds is 8. The predicted octanol–water partition coefficient (Wildman–Crippen LogP) is 5.45. The molecule has 0 aliphatic carbocycles. The highest BCUT2D eigenvalue weighted by Crippen LogP contribution is 2.27. The second-order valence-corrected chi connectivity index (χ2v) is 12.1. The number of nitrogens with two attached hydrogens (primary N) is 1. The van der Waals surface area contributed by atoms with Crippen molar-refractivity contribution in [3.63, 3.8) is 0 Å². The molecule has 0 radical (unpaired) electrons. The van der Waals surface area contributed by atoms with Crippen molar-refractivity contribution in [2.24, 2.45) is 10.7 Å². The molecule has 1 saturated heterocycles. The van der Waals surface area contributed by atoms with Gasteiger partial charge < -0.3 is 29.8 Å². The zero-order valence-electron chi connectivity index (χ0n) is 24.5. The number of unbranched alkanes of at least 4 members (excludes halogenated alkanes) is 1. The first kappa shape index (κ1) is 30.3. The summed E-state index contributed by atoms with van der Waals surface area (Å²) in [6, 6.07) is 6.68. The van der Waals surface area contributed by atoms with Gasteiger partial charge >= 0.3 is 12.2 Å². The van der Waals surface area contributed by atoms with Crippen molar-refractivity contribution in [2.45, 2.75) is 90.9 Å². The summed E-state index contributed by atoms with van der Waals surface area (Å²) in [5.74, 6) is 0.538. The van der Waals surface area contributed by atoms with Crippen LogP contribution < -0.4 is 10.5 Å². The minimum Gasteiger partial charge on any atom is -0.494 e. The number of amides is 2. The maximum absolute atomic E-state index is 12.8. The Morgan fingerprint density at radius 3 is 2.49 bits per heavy atom. The zero-order chi connectivity index (χ0) is 28.8. The van der Waals surface area contributed by atoms with Gasteiger partial charge in [-0.15, -0.1) is 4.99 Å². The van der Waals surface area contributed by atoms with E-state index in [-0.39, 0.29) is 12.5 Å². The average Bonchev–Trinajstić information content (AvgIpc) is 3.39. The van der Waals surface area contributed by atoms with Gasteiger partial charge in [0.2, 0.25) is 5.96 Å². The lowest BCUT2D eigenvalue weighted by Crippen LogP contribution is -2.45. The number of nitrogens with zero attached hydrogens (tertiary/aromatic N) is 3. The van der Waals surface area contributed by atoms with Crippen LogP contribution in [0.5, 0.6) is 5.75 Å². The molecule has 10 nitrogen and oxygen atoms in total. The van der Waals surface area contributed by atoms with Gasteiger partial charge in [-0.05, 0) is 111 Å². The molecule has 216 valence electrons. The van der Waals surface area contributed by atoms with Crippen molar-refractivity contribution >= 4 is 29.0 Å². The van der Waals surface area contributed by atoms with Gasteiger partial charge in [0, 0.05) is 29.7 Å². The topological polar surface area (TPSA) is 122 Å². The van der Waals surface area contributed by atoms with Gasteiger partial charge in [0.05, 0.1) is 6.61 Å². The van der Waals surface area contributed by atoms with Crippen LogP contribution >= 0.6 is 0 Å². The second kappa shape index (κ2) is 12.7. The van der Waals surface area contributed by atoms with E-state index in [4.69, 9.17) is 19.9 Å². The molecule has 0 spiro atoms. The van der Waals surface area contributed by atoms with E-state index >= 15 is 0 Å². The Hall–Kier alpha value is -3.27. The maximum atomic E-state index is 12.8. The molecule has 0 bridgehead atoms. The smallest absolute Gasteiger partial charge is 0.437 e. The van der Waals surface area contributed by atoms with Gasteiger partial charge in [0.15, 0.2) is 0 Å². The molecule has 1 aliphatic heterocycles. The highest BCUT2D eigenvalue weighted by atomic mass is 16.6. The quantitative estimate of drug-likeness (QED) is 0.258. The van der Waals surface area contributed by atoms with Crippen molar-refractivity contribution < 1.29 is 23.8 Å². The van der Waals surface area contributed by atoms with Crippen molar-refractivity contribution in [2.75, 3.05) is 26.7 Å². The van der Waals surface area contributed by atoms with Gasteiger partial charge in [-0.2, -0.15) is 0 Å². The molecule has 3 rings (SSSR count). The van der Waals surface area contributed by atoms with Crippen molar-refractivity contribution in [1.29, 1.82) is 0 Å². The number of hydrogen-bond donors (Lipinski definition) is 2. The summed E-state index contributed by atoms with van der Waals surface area (Å²) in [6.45, 7) is 12.3. The Kier molecular flexibility index (Phi) is 9.88. The van der Waals surface area contributed by atoms with Crippen LogP contribution in [0.2, 0.25) is 0 Å². The SMILES string of the molecule is CN1CCC[C@H]1Cc1c[nH]c2ccc(OCCCCN(C(=O)OC(C)(C)C)C(N)=NC(=O)OC(C)(C)C)cc12. The first-order chi connectivity index (χ1) is 18.2. The van der Waals surface area contributed by atoms with Crippen LogP contribution in [-0.2, 0) is 15.9 Å². The lowest BCUT2D eigenvalue weighted by molar-refractivity contribution is 0.0363. The molecule has 1 aliphatic rings. The van der Waals surface area contributed by atoms with Crippen LogP contribution in [-0.4, -0.2) is 76.9 Å². The minimum atomic E-state index is -0.865. The number of likely N-dealkylation sites (N-methyl/N-ethyl adjacent to an activating group) is 1. The number of nitrogens with one attached hydrogen (secondary N) is 1. The molecule has 2 amide bonds. The first-order valence-corrected chi connectivity index (χ1v) is 13.7. The zero-order valence-corrected chi connectivity index (χ0v) is 24.5. The van der Waals surface area contributed by atoms with Crippen molar-refractivity contribution in [3.05, 3.63) is 30.0 Å². The molecule has 3 N–H and O–H groups in total. The number of fused-ring (bicyclic) bond motifs is 1. The summed E-state index contributed by atoms with van der Waals surface area (Å²) in [5, 5.41) is 1.19. The highest BCUT2D eigenvalue weighted by Gasteiger charge is 2.26. The van der Waals surface area contributed by atoms with E-state index in [0.29, 0.717) is 25.5 Å². The molecular formula is C29H45N5O5. The second-order valence-electron chi connectivity index (χ2n) is 12.1. The highest BCUT2D eigenvalue weighted by molar-refractivity contribution is 5.98. The third-order valence-electron chi connectivity index (χ3n) is 6.40. The van der Waals surface area contributed by atoms with Gasteiger partial charge in [0.25, 0.3) is 0 Å².